The topological polar surface area (TPSA) is 58.2 Å². The van der Waals surface area contributed by atoms with Crippen LogP contribution in [0.4, 0.5) is 0 Å². The molecule has 2 rings (SSSR count). The largest absolute Gasteiger partial charge is 0.270 e. The fraction of sp³-hybridized carbons (Fsp3) is 0.111. The molecule has 0 aromatic heterocycles. The van der Waals surface area contributed by atoms with Gasteiger partial charge in [-0.1, -0.05) is 35.9 Å². The van der Waals surface area contributed by atoms with Gasteiger partial charge in [0.25, 0.3) is 11.8 Å². The van der Waals surface area contributed by atoms with Crippen LogP contribution >= 0.6 is 15.9 Å². The monoisotopic (exact) mass is 372 g/mol. The van der Waals surface area contributed by atoms with Gasteiger partial charge in [-0.3, -0.25) is 20.4 Å². The second kappa shape index (κ2) is 7.74. The van der Waals surface area contributed by atoms with Crippen LogP contribution in [-0.2, 0) is 4.79 Å². The summed E-state index contributed by atoms with van der Waals surface area (Å²) in [7, 11) is 0. The van der Waals surface area contributed by atoms with E-state index >= 15 is 0 Å². The van der Waals surface area contributed by atoms with E-state index in [0.29, 0.717) is 10.0 Å². The molecule has 4 nitrogen and oxygen atoms in total. The lowest BCUT2D eigenvalue weighted by Crippen LogP contribution is -2.40. The van der Waals surface area contributed by atoms with Gasteiger partial charge in [0.2, 0.25) is 0 Å². The maximum Gasteiger partial charge on any atom is 0.270 e. The minimum Gasteiger partial charge on any atom is -0.268 e. The van der Waals surface area contributed by atoms with E-state index in [1.807, 2.05) is 38.1 Å². The lowest BCUT2D eigenvalue weighted by molar-refractivity contribution is -0.117. The van der Waals surface area contributed by atoms with Crippen molar-refractivity contribution in [1.82, 2.24) is 10.9 Å². The van der Waals surface area contributed by atoms with Gasteiger partial charge in [0.1, 0.15) is 0 Å². The molecule has 0 bridgehead atoms. The molecule has 0 unspecified atom stereocenters. The standard InChI is InChI=1S/C18H17BrN2O2/c1-12-7-8-14(13(2)11-12)9-10-17(22)20-21-18(23)15-5-3-4-6-16(15)19/h3-11H,1-2H3,(H,20,22)(H,21,23)/b10-9+. The van der Waals surface area contributed by atoms with Crippen LogP contribution in [0.15, 0.2) is 53.0 Å². The van der Waals surface area contributed by atoms with E-state index in [1.54, 1.807) is 24.3 Å². The average Bonchev–Trinajstić information content (AvgIpc) is 2.52. The molecule has 0 saturated heterocycles. The lowest BCUT2D eigenvalue weighted by atomic mass is 10.1. The Hall–Kier alpha value is -2.40. The highest BCUT2D eigenvalue weighted by Crippen LogP contribution is 2.15. The summed E-state index contributed by atoms with van der Waals surface area (Å²) < 4.78 is 0.664. The number of amides is 2. The summed E-state index contributed by atoms with van der Waals surface area (Å²) in [6.07, 6.45) is 3.10. The van der Waals surface area contributed by atoms with Crippen LogP contribution in [0.1, 0.15) is 27.0 Å². The molecule has 5 heteroatoms. The number of nitrogens with one attached hydrogen (secondary N) is 2. The number of hydrogen-bond donors (Lipinski definition) is 2. The van der Waals surface area contributed by atoms with E-state index in [2.05, 4.69) is 26.8 Å². The number of benzene rings is 2. The summed E-state index contributed by atoms with van der Waals surface area (Å²) in [5, 5.41) is 0. The second-order valence-electron chi connectivity index (χ2n) is 5.12. The first-order valence-corrected chi connectivity index (χ1v) is 7.87. The maximum absolute atomic E-state index is 12.0. The zero-order valence-electron chi connectivity index (χ0n) is 12.9. The fourth-order valence-corrected chi connectivity index (χ4v) is 2.52. The van der Waals surface area contributed by atoms with Crippen LogP contribution in [-0.4, -0.2) is 11.8 Å². The molecule has 118 valence electrons. The Morgan fingerprint density at radius 3 is 2.48 bits per heavy atom. The smallest absolute Gasteiger partial charge is 0.268 e. The second-order valence-corrected chi connectivity index (χ2v) is 5.97. The molecule has 0 saturated carbocycles. The molecule has 0 aliphatic rings. The van der Waals surface area contributed by atoms with E-state index in [4.69, 9.17) is 0 Å². The van der Waals surface area contributed by atoms with Gasteiger partial charge in [0, 0.05) is 10.5 Å². The molecule has 0 fully saturated rings. The zero-order chi connectivity index (χ0) is 16.8. The third kappa shape index (κ3) is 4.79. The van der Waals surface area contributed by atoms with Crippen LogP contribution in [0.25, 0.3) is 6.08 Å². The van der Waals surface area contributed by atoms with Crippen molar-refractivity contribution in [3.8, 4) is 0 Å². The van der Waals surface area contributed by atoms with Gasteiger partial charge in [-0.2, -0.15) is 0 Å². The van der Waals surface area contributed by atoms with Gasteiger partial charge in [0.15, 0.2) is 0 Å². The lowest BCUT2D eigenvalue weighted by Gasteiger charge is -2.07. The summed E-state index contributed by atoms with van der Waals surface area (Å²) in [6.45, 7) is 4.00. The molecule has 0 aliphatic carbocycles. The summed E-state index contributed by atoms with van der Waals surface area (Å²) >= 11 is 3.29. The van der Waals surface area contributed by atoms with Crippen molar-refractivity contribution in [3.63, 3.8) is 0 Å². The van der Waals surface area contributed by atoms with Crippen LogP contribution < -0.4 is 10.9 Å². The van der Waals surface area contributed by atoms with Crippen LogP contribution in [0.5, 0.6) is 0 Å². The van der Waals surface area contributed by atoms with Crippen LogP contribution in [0.3, 0.4) is 0 Å². The van der Waals surface area contributed by atoms with Crippen molar-refractivity contribution in [3.05, 3.63) is 75.3 Å². The van der Waals surface area contributed by atoms with Crippen molar-refractivity contribution >= 4 is 33.8 Å². The van der Waals surface area contributed by atoms with E-state index in [0.717, 1.165) is 11.1 Å². The van der Waals surface area contributed by atoms with Crippen molar-refractivity contribution < 1.29 is 9.59 Å². The predicted molar refractivity (Wildman–Crippen MR) is 94.7 cm³/mol. The summed E-state index contributed by atoms with van der Waals surface area (Å²) in [4.78, 5) is 23.7. The maximum atomic E-state index is 12.0. The number of rotatable bonds is 3. The molecule has 0 aliphatic heterocycles. The van der Waals surface area contributed by atoms with Crippen molar-refractivity contribution in [2.75, 3.05) is 0 Å². The SMILES string of the molecule is Cc1ccc(/C=C/C(=O)NNC(=O)c2ccccc2Br)c(C)c1. The summed E-state index contributed by atoms with van der Waals surface area (Å²) in [5.74, 6) is -0.781. The number of hydrazine groups is 1. The molecule has 23 heavy (non-hydrogen) atoms. The number of halogens is 1. The van der Waals surface area contributed by atoms with Crippen LogP contribution in [0.2, 0.25) is 0 Å². The van der Waals surface area contributed by atoms with E-state index in [-0.39, 0.29) is 5.91 Å². The van der Waals surface area contributed by atoms with E-state index < -0.39 is 5.91 Å². The molecular weight excluding hydrogens is 356 g/mol. The van der Waals surface area contributed by atoms with Crippen molar-refractivity contribution in [2.45, 2.75) is 13.8 Å². The van der Waals surface area contributed by atoms with Gasteiger partial charge in [-0.15, -0.1) is 0 Å². The average molecular weight is 373 g/mol. The number of hydrogen-bond acceptors (Lipinski definition) is 2. The van der Waals surface area contributed by atoms with E-state index in [1.165, 1.54) is 11.6 Å². The fourth-order valence-electron chi connectivity index (χ4n) is 2.05. The van der Waals surface area contributed by atoms with Gasteiger partial charge in [0.05, 0.1) is 5.56 Å². The first-order valence-electron chi connectivity index (χ1n) is 7.07. The molecule has 2 aromatic rings. The first kappa shape index (κ1) is 17.0. The predicted octanol–water partition coefficient (Wildman–Crippen LogP) is 3.54. The molecule has 2 amide bonds. The van der Waals surface area contributed by atoms with Gasteiger partial charge < -0.3 is 0 Å². The molecule has 2 N–H and O–H groups in total. The molecule has 0 heterocycles. The third-order valence-electron chi connectivity index (χ3n) is 3.26. The van der Waals surface area contributed by atoms with Crippen LogP contribution in [0, 0.1) is 13.8 Å². The molecule has 0 radical (unpaired) electrons. The Kier molecular flexibility index (Phi) is 5.71. The highest BCUT2D eigenvalue weighted by molar-refractivity contribution is 9.10. The zero-order valence-corrected chi connectivity index (χ0v) is 14.5. The number of aryl methyl sites for hydroxylation is 2. The highest BCUT2D eigenvalue weighted by atomic mass is 79.9. The molecule has 0 spiro atoms. The normalized spacial score (nSPS) is 10.6. The summed E-state index contributed by atoms with van der Waals surface area (Å²) in [5.41, 5.74) is 8.41. The third-order valence-corrected chi connectivity index (χ3v) is 3.95. The van der Waals surface area contributed by atoms with Gasteiger partial charge >= 0.3 is 0 Å². The first-order chi connectivity index (χ1) is 11.0. The Bertz CT molecular complexity index is 769. The molecule has 2 aromatic carbocycles. The summed E-state index contributed by atoms with van der Waals surface area (Å²) in [6, 6.07) is 13.0. The molecular formula is C18H17BrN2O2. The molecule has 0 atom stereocenters. The Labute approximate surface area is 143 Å². The van der Waals surface area contributed by atoms with Gasteiger partial charge in [-0.05, 0) is 59.1 Å². The number of carbonyl (C=O) groups is 2. The number of carbonyl (C=O) groups excluding carboxylic acids is 2. The Morgan fingerprint density at radius 2 is 1.78 bits per heavy atom. The minimum absolute atomic E-state index is 0.384. The quantitative estimate of drug-likeness (QED) is 0.639. The van der Waals surface area contributed by atoms with Crippen molar-refractivity contribution in [1.29, 1.82) is 0 Å². The van der Waals surface area contributed by atoms with Crippen molar-refractivity contribution in [2.24, 2.45) is 0 Å². The highest BCUT2D eigenvalue weighted by Gasteiger charge is 2.09. The Morgan fingerprint density at radius 1 is 1.04 bits per heavy atom. The van der Waals surface area contributed by atoms with E-state index in [9.17, 15) is 9.59 Å². The minimum atomic E-state index is -0.398. The van der Waals surface area contributed by atoms with Gasteiger partial charge in [-0.25, -0.2) is 0 Å². The Balaban J connectivity index is 1.94.